The van der Waals surface area contributed by atoms with Gasteiger partial charge in [0.15, 0.2) is 0 Å². The van der Waals surface area contributed by atoms with Gasteiger partial charge in [-0.2, -0.15) is 0 Å². The summed E-state index contributed by atoms with van der Waals surface area (Å²) in [5.41, 5.74) is 0.00758. The van der Waals surface area contributed by atoms with Crippen molar-refractivity contribution >= 4 is 29.3 Å². The molecule has 0 bridgehead atoms. The summed E-state index contributed by atoms with van der Waals surface area (Å²) < 4.78 is 13.4. The largest absolute Gasteiger partial charge is 0.481 e. The van der Waals surface area contributed by atoms with E-state index in [0.29, 0.717) is 6.42 Å². The maximum absolute atomic E-state index is 13.4. The molecule has 0 spiro atoms. The molecule has 1 atom stereocenters. The van der Waals surface area contributed by atoms with Gasteiger partial charge in [0.25, 0.3) is 0 Å². The third-order valence-electron chi connectivity index (χ3n) is 2.46. The highest BCUT2D eigenvalue weighted by Gasteiger charge is 2.11. The maximum Gasteiger partial charge on any atom is 0.319 e. The molecule has 104 valence electrons. The van der Waals surface area contributed by atoms with Crippen LogP contribution < -0.4 is 10.6 Å². The molecule has 3 N–H and O–H groups in total. The maximum atomic E-state index is 13.4. The fourth-order valence-electron chi connectivity index (χ4n) is 1.28. The van der Waals surface area contributed by atoms with Crippen LogP contribution in [0.3, 0.4) is 0 Å². The molecule has 1 aromatic rings. The van der Waals surface area contributed by atoms with E-state index in [1.165, 1.54) is 12.1 Å². The summed E-state index contributed by atoms with van der Waals surface area (Å²) in [6, 6.07) is 3.28. The van der Waals surface area contributed by atoms with Gasteiger partial charge < -0.3 is 15.7 Å². The van der Waals surface area contributed by atoms with Crippen LogP contribution in [-0.2, 0) is 4.79 Å². The third kappa shape index (κ3) is 5.13. The van der Waals surface area contributed by atoms with Crippen molar-refractivity contribution in [2.75, 3.05) is 11.9 Å². The Morgan fingerprint density at radius 1 is 1.47 bits per heavy atom. The van der Waals surface area contributed by atoms with Gasteiger partial charge in [-0.3, -0.25) is 4.79 Å². The van der Waals surface area contributed by atoms with Gasteiger partial charge in [0.2, 0.25) is 0 Å². The minimum atomic E-state index is -0.925. The van der Waals surface area contributed by atoms with E-state index in [0.717, 1.165) is 6.07 Å². The summed E-state index contributed by atoms with van der Waals surface area (Å²) in [5.74, 6) is -2.11. The Bertz CT molecular complexity index is 482. The Morgan fingerprint density at radius 2 is 2.16 bits per heavy atom. The van der Waals surface area contributed by atoms with E-state index in [9.17, 15) is 14.0 Å². The SMILES string of the molecule is CC(CCNC(=O)Nc1ccc(Cl)cc1F)C(=O)O. The highest BCUT2D eigenvalue weighted by Crippen LogP contribution is 2.18. The normalized spacial score (nSPS) is 11.7. The summed E-state index contributed by atoms with van der Waals surface area (Å²) in [4.78, 5) is 22.0. The number of carboxylic acids is 1. The van der Waals surface area contributed by atoms with E-state index in [1.807, 2.05) is 0 Å². The predicted octanol–water partition coefficient (Wildman–Crippen LogP) is 2.71. The van der Waals surface area contributed by atoms with Crippen LogP contribution in [-0.4, -0.2) is 23.7 Å². The van der Waals surface area contributed by atoms with Crippen LogP contribution in [0.5, 0.6) is 0 Å². The molecule has 1 unspecified atom stereocenters. The first-order valence-electron chi connectivity index (χ1n) is 5.63. The Kier molecular flexibility index (Phi) is 5.57. The molecule has 0 fully saturated rings. The second-order valence-corrected chi connectivity index (χ2v) is 4.47. The lowest BCUT2D eigenvalue weighted by molar-refractivity contribution is -0.141. The van der Waals surface area contributed by atoms with Crippen molar-refractivity contribution in [3.05, 3.63) is 29.0 Å². The second-order valence-electron chi connectivity index (χ2n) is 4.03. The number of anilines is 1. The second kappa shape index (κ2) is 6.94. The molecule has 0 saturated carbocycles. The lowest BCUT2D eigenvalue weighted by Gasteiger charge is -2.10. The van der Waals surface area contributed by atoms with Crippen molar-refractivity contribution in [3.63, 3.8) is 0 Å². The van der Waals surface area contributed by atoms with Gasteiger partial charge in [0.05, 0.1) is 11.6 Å². The first kappa shape index (κ1) is 15.2. The topological polar surface area (TPSA) is 78.4 Å². The Morgan fingerprint density at radius 3 is 2.74 bits per heavy atom. The quantitative estimate of drug-likeness (QED) is 0.779. The molecule has 0 saturated heterocycles. The molecule has 0 aromatic heterocycles. The van der Waals surface area contributed by atoms with Crippen LogP contribution in [0.4, 0.5) is 14.9 Å². The average Bonchev–Trinajstić information content (AvgIpc) is 2.32. The van der Waals surface area contributed by atoms with Crippen LogP contribution in [0, 0.1) is 11.7 Å². The summed E-state index contributed by atoms with van der Waals surface area (Å²) in [7, 11) is 0. The fraction of sp³-hybridized carbons (Fsp3) is 0.333. The molecule has 0 radical (unpaired) electrons. The first-order valence-corrected chi connectivity index (χ1v) is 6.00. The van der Waals surface area contributed by atoms with E-state index < -0.39 is 23.7 Å². The molecule has 0 heterocycles. The molecule has 0 aliphatic carbocycles. The molecular formula is C12H14ClFN2O3. The van der Waals surface area contributed by atoms with Gasteiger partial charge in [0, 0.05) is 11.6 Å². The van der Waals surface area contributed by atoms with Crippen LogP contribution in [0.1, 0.15) is 13.3 Å². The summed E-state index contributed by atoms with van der Waals surface area (Å²) in [5, 5.41) is 13.6. The van der Waals surface area contributed by atoms with Crippen molar-refractivity contribution in [2.24, 2.45) is 5.92 Å². The number of carboxylic acid groups (broad SMARTS) is 1. The number of benzene rings is 1. The molecule has 1 aromatic carbocycles. The number of urea groups is 1. The van der Waals surface area contributed by atoms with Crippen LogP contribution in [0.15, 0.2) is 18.2 Å². The molecule has 1 rings (SSSR count). The van der Waals surface area contributed by atoms with Gasteiger partial charge in [-0.15, -0.1) is 0 Å². The lowest BCUT2D eigenvalue weighted by atomic mass is 10.1. The highest BCUT2D eigenvalue weighted by molar-refractivity contribution is 6.30. The van der Waals surface area contributed by atoms with Crippen molar-refractivity contribution in [1.82, 2.24) is 5.32 Å². The smallest absolute Gasteiger partial charge is 0.319 e. The molecule has 19 heavy (non-hydrogen) atoms. The van der Waals surface area contributed by atoms with Gasteiger partial charge >= 0.3 is 12.0 Å². The zero-order valence-electron chi connectivity index (χ0n) is 10.2. The first-order chi connectivity index (χ1) is 8.90. The molecule has 5 nitrogen and oxygen atoms in total. The number of nitrogens with one attached hydrogen (secondary N) is 2. The van der Waals surface area contributed by atoms with Crippen LogP contribution >= 0.6 is 11.6 Å². The predicted molar refractivity (Wildman–Crippen MR) is 69.8 cm³/mol. The van der Waals surface area contributed by atoms with Gasteiger partial charge in [-0.1, -0.05) is 18.5 Å². The lowest BCUT2D eigenvalue weighted by Crippen LogP contribution is -2.31. The summed E-state index contributed by atoms with van der Waals surface area (Å²) in [6.07, 6.45) is 0.297. The van der Waals surface area contributed by atoms with Crippen molar-refractivity contribution in [2.45, 2.75) is 13.3 Å². The number of carbonyl (C=O) groups excluding carboxylic acids is 1. The molecule has 0 aliphatic heterocycles. The van der Waals surface area contributed by atoms with E-state index >= 15 is 0 Å². The van der Waals surface area contributed by atoms with E-state index in [2.05, 4.69) is 10.6 Å². The monoisotopic (exact) mass is 288 g/mol. The number of hydrogen-bond donors (Lipinski definition) is 3. The minimum absolute atomic E-state index is 0.00758. The number of rotatable bonds is 5. The van der Waals surface area contributed by atoms with E-state index in [-0.39, 0.29) is 17.3 Å². The number of aliphatic carboxylic acids is 1. The zero-order chi connectivity index (χ0) is 14.4. The van der Waals surface area contributed by atoms with Crippen molar-refractivity contribution in [3.8, 4) is 0 Å². The van der Waals surface area contributed by atoms with Crippen LogP contribution in [0.2, 0.25) is 5.02 Å². The van der Waals surface area contributed by atoms with Crippen molar-refractivity contribution in [1.29, 1.82) is 0 Å². The van der Waals surface area contributed by atoms with E-state index in [4.69, 9.17) is 16.7 Å². The van der Waals surface area contributed by atoms with Gasteiger partial charge in [-0.25, -0.2) is 9.18 Å². The Hall–Kier alpha value is -1.82. The average molecular weight is 289 g/mol. The molecule has 7 heteroatoms. The number of halogens is 2. The summed E-state index contributed by atoms with van der Waals surface area (Å²) >= 11 is 5.58. The molecular weight excluding hydrogens is 275 g/mol. The van der Waals surface area contributed by atoms with Crippen molar-refractivity contribution < 1.29 is 19.1 Å². The zero-order valence-corrected chi connectivity index (χ0v) is 11.0. The number of amides is 2. The van der Waals surface area contributed by atoms with Gasteiger partial charge in [-0.05, 0) is 24.6 Å². The molecule has 2 amide bonds. The summed E-state index contributed by atoms with van der Waals surface area (Å²) in [6.45, 7) is 1.73. The standard InChI is InChI=1S/C12H14ClFN2O3/c1-7(11(17)18)4-5-15-12(19)16-10-3-2-8(13)6-9(10)14/h2-3,6-7H,4-5H2,1H3,(H,17,18)(H2,15,16,19). The van der Waals surface area contributed by atoms with E-state index in [1.54, 1.807) is 6.92 Å². The fourth-order valence-corrected chi connectivity index (χ4v) is 1.44. The third-order valence-corrected chi connectivity index (χ3v) is 2.70. The van der Waals surface area contributed by atoms with Gasteiger partial charge in [0.1, 0.15) is 5.82 Å². The van der Waals surface area contributed by atoms with Crippen LogP contribution in [0.25, 0.3) is 0 Å². The highest BCUT2D eigenvalue weighted by atomic mass is 35.5. The molecule has 0 aliphatic rings. The number of hydrogen-bond acceptors (Lipinski definition) is 2. The number of carbonyl (C=O) groups is 2. The Labute approximate surface area is 114 Å². The minimum Gasteiger partial charge on any atom is -0.481 e. The Balaban J connectivity index is 2.41.